The second kappa shape index (κ2) is 4.08. The highest BCUT2D eigenvalue weighted by atomic mass is 35.5. The van der Waals surface area contributed by atoms with Gasteiger partial charge in [0.2, 0.25) is 0 Å². The molecular weight excluding hydrogens is 238 g/mol. The molecule has 2 aromatic rings. The van der Waals surface area contributed by atoms with Gasteiger partial charge in [-0.15, -0.1) is 0 Å². The Bertz CT molecular complexity index is 572. The fraction of sp³-hybridized carbons (Fsp3) is 0.308. The van der Waals surface area contributed by atoms with Gasteiger partial charge in [0.25, 0.3) is 0 Å². The largest absolute Gasteiger partial charge is 0.481 e. The number of H-pyrrole nitrogens is 1. The van der Waals surface area contributed by atoms with Crippen LogP contribution in [-0.2, 0) is 11.2 Å². The molecule has 0 unspecified atom stereocenters. The monoisotopic (exact) mass is 251 g/mol. The lowest BCUT2D eigenvalue weighted by Crippen LogP contribution is -2.26. The Morgan fingerprint density at radius 1 is 1.41 bits per heavy atom. The summed E-state index contributed by atoms with van der Waals surface area (Å²) in [6, 6.07) is 5.70. The number of nitrogens with one attached hydrogen (secondary N) is 1. The van der Waals surface area contributed by atoms with E-state index in [1.165, 1.54) is 0 Å². The third kappa shape index (κ3) is 2.15. The minimum absolute atomic E-state index is 0.419. The number of aromatic nitrogens is 1. The Balaban J connectivity index is 2.43. The van der Waals surface area contributed by atoms with Gasteiger partial charge in [-0.25, -0.2) is 0 Å². The molecule has 0 atom stereocenters. The smallest absolute Gasteiger partial charge is 0.309 e. The van der Waals surface area contributed by atoms with Crippen LogP contribution in [0.2, 0.25) is 5.02 Å². The van der Waals surface area contributed by atoms with Crippen molar-refractivity contribution in [2.45, 2.75) is 20.3 Å². The van der Waals surface area contributed by atoms with Crippen molar-refractivity contribution in [2.75, 3.05) is 0 Å². The summed E-state index contributed by atoms with van der Waals surface area (Å²) >= 11 is 6.28. The number of carboxylic acids is 1. The zero-order valence-corrected chi connectivity index (χ0v) is 10.5. The molecule has 0 spiro atoms. The normalized spacial score (nSPS) is 11.9. The van der Waals surface area contributed by atoms with Gasteiger partial charge in [-0.3, -0.25) is 4.79 Å². The number of halogens is 1. The fourth-order valence-corrected chi connectivity index (χ4v) is 2.12. The van der Waals surface area contributed by atoms with Gasteiger partial charge in [0, 0.05) is 17.1 Å². The van der Waals surface area contributed by atoms with Crippen LogP contribution in [0.5, 0.6) is 0 Å². The molecule has 0 aliphatic rings. The first-order valence-electron chi connectivity index (χ1n) is 5.40. The van der Waals surface area contributed by atoms with E-state index in [1.54, 1.807) is 13.8 Å². The summed E-state index contributed by atoms with van der Waals surface area (Å²) < 4.78 is 0. The molecule has 1 heterocycles. The summed E-state index contributed by atoms with van der Waals surface area (Å²) in [6.07, 6.45) is 2.24. The van der Waals surface area contributed by atoms with E-state index in [2.05, 4.69) is 4.98 Å². The summed E-state index contributed by atoms with van der Waals surface area (Å²) in [7, 11) is 0. The highest BCUT2D eigenvalue weighted by molar-refractivity contribution is 6.36. The summed E-state index contributed by atoms with van der Waals surface area (Å²) in [6.45, 7) is 3.40. The van der Waals surface area contributed by atoms with E-state index in [4.69, 9.17) is 16.7 Å². The van der Waals surface area contributed by atoms with Crippen molar-refractivity contribution in [1.29, 1.82) is 0 Å². The molecule has 2 N–H and O–H groups in total. The SMILES string of the molecule is CC(C)(Cc1ccc2[nH]ccc2c1Cl)C(=O)O. The molecule has 4 heteroatoms. The number of hydrogen-bond donors (Lipinski definition) is 2. The van der Waals surface area contributed by atoms with Gasteiger partial charge < -0.3 is 10.1 Å². The highest BCUT2D eigenvalue weighted by Gasteiger charge is 2.28. The van der Waals surface area contributed by atoms with Crippen molar-refractivity contribution in [3.8, 4) is 0 Å². The van der Waals surface area contributed by atoms with Crippen LogP contribution < -0.4 is 0 Å². The van der Waals surface area contributed by atoms with Gasteiger partial charge in [-0.1, -0.05) is 17.7 Å². The fourth-order valence-electron chi connectivity index (χ4n) is 1.83. The molecule has 0 aliphatic heterocycles. The van der Waals surface area contributed by atoms with Crippen LogP contribution in [-0.4, -0.2) is 16.1 Å². The van der Waals surface area contributed by atoms with Crippen molar-refractivity contribution < 1.29 is 9.90 Å². The quantitative estimate of drug-likeness (QED) is 0.878. The molecule has 0 saturated heterocycles. The van der Waals surface area contributed by atoms with Crippen molar-refractivity contribution >= 4 is 28.5 Å². The van der Waals surface area contributed by atoms with Gasteiger partial charge in [0.1, 0.15) is 0 Å². The predicted molar refractivity (Wildman–Crippen MR) is 68.4 cm³/mol. The van der Waals surface area contributed by atoms with E-state index in [-0.39, 0.29) is 0 Å². The van der Waals surface area contributed by atoms with E-state index < -0.39 is 11.4 Å². The van der Waals surface area contributed by atoms with E-state index in [1.807, 2.05) is 24.4 Å². The zero-order valence-electron chi connectivity index (χ0n) is 9.75. The minimum Gasteiger partial charge on any atom is -0.481 e. The molecule has 17 heavy (non-hydrogen) atoms. The number of fused-ring (bicyclic) bond motifs is 1. The lowest BCUT2D eigenvalue weighted by atomic mass is 9.85. The maximum absolute atomic E-state index is 11.1. The molecule has 0 amide bonds. The predicted octanol–water partition coefficient (Wildman–Crippen LogP) is 3.47. The van der Waals surface area contributed by atoms with Crippen molar-refractivity contribution in [3.05, 3.63) is 35.0 Å². The molecule has 90 valence electrons. The summed E-state index contributed by atoms with van der Waals surface area (Å²) in [5, 5.41) is 10.7. The van der Waals surface area contributed by atoms with Crippen LogP contribution in [0, 0.1) is 5.41 Å². The zero-order chi connectivity index (χ0) is 12.6. The van der Waals surface area contributed by atoms with Gasteiger partial charge in [-0.05, 0) is 38.0 Å². The Morgan fingerprint density at radius 3 is 2.76 bits per heavy atom. The van der Waals surface area contributed by atoms with Crippen LogP contribution in [0.1, 0.15) is 19.4 Å². The average molecular weight is 252 g/mol. The van der Waals surface area contributed by atoms with Gasteiger partial charge in [0.15, 0.2) is 0 Å². The molecule has 3 nitrogen and oxygen atoms in total. The van der Waals surface area contributed by atoms with Crippen LogP contribution in [0.25, 0.3) is 10.9 Å². The van der Waals surface area contributed by atoms with Crippen LogP contribution in [0.4, 0.5) is 0 Å². The van der Waals surface area contributed by atoms with Gasteiger partial charge in [0.05, 0.1) is 10.4 Å². The average Bonchev–Trinajstić information content (AvgIpc) is 2.70. The maximum atomic E-state index is 11.1. The second-order valence-electron chi connectivity index (χ2n) is 4.84. The van der Waals surface area contributed by atoms with Crippen molar-refractivity contribution in [2.24, 2.45) is 5.41 Å². The molecule has 2 rings (SSSR count). The van der Waals surface area contributed by atoms with Crippen LogP contribution in [0.3, 0.4) is 0 Å². The van der Waals surface area contributed by atoms with Crippen LogP contribution in [0.15, 0.2) is 24.4 Å². The second-order valence-corrected chi connectivity index (χ2v) is 5.22. The Hall–Kier alpha value is -1.48. The highest BCUT2D eigenvalue weighted by Crippen LogP contribution is 2.31. The third-order valence-electron chi connectivity index (χ3n) is 2.96. The molecular formula is C13H14ClNO2. The molecule has 0 radical (unpaired) electrons. The molecule has 0 saturated carbocycles. The summed E-state index contributed by atoms with van der Waals surface area (Å²) in [5.41, 5.74) is 1.02. The molecule has 0 fully saturated rings. The number of carbonyl (C=O) groups is 1. The number of aromatic amines is 1. The minimum atomic E-state index is -0.817. The van der Waals surface area contributed by atoms with Crippen molar-refractivity contribution in [1.82, 2.24) is 4.98 Å². The molecule has 0 bridgehead atoms. The maximum Gasteiger partial charge on any atom is 0.309 e. The first-order chi connectivity index (χ1) is 7.92. The third-order valence-corrected chi connectivity index (χ3v) is 3.41. The van der Waals surface area contributed by atoms with E-state index in [9.17, 15) is 4.79 Å². The Morgan fingerprint density at radius 2 is 2.12 bits per heavy atom. The molecule has 1 aromatic carbocycles. The first kappa shape index (κ1) is 12.0. The summed E-state index contributed by atoms with van der Waals surface area (Å²) in [5.74, 6) is -0.817. The van der Waals surface area contributed by atoms with Gasteiger partial charge in [-0.2, -0.15) is 0 Å². The number of aliphatic carboxylic acids is 1. The molecule has 1 aromatic heterocycles. The number of hydrogen-bond acceptors (Lipinski definition) is 1. The summed E-state index contributed by atoms with van der Waals surface area (Å²) in [4.78, 5) is 14.2. The number of benzene rings is 1. The number of carboxylic acid groups (broad SMARTS) is 1. The van der Waals surface area contributed by atoms with Crippen LogP contribution >= 0.6 is 11.6 Å². The van der Waals surface area contributed by atoms with Crippen molar-refractivity contribution in [3.63, 3.8) is 0 Å². The Kier molecular flexibility index (Phi) is 2.87. The topological polar surface area (TPSA) is 53.1 Å². The van der Waals surface area contributed by atoms with E-state index >= 15 is 0 Å². The Labute approximate surface area is 104 Å². The lowest BCUT2D eigenvalue weighted by molar-refractivity contribution is -0.146. The number of rotatable bonds is 3. The van der Waals surface area contributed by atoms with E-state index in [0.29, 0.717) is 11.4 Å². The molecule has 0 aliphatic carbocycles. The van der Waals surface area contributed by atoms with Gasteiger partial charge >= 0.3 is 5.97 Å². The first-order valence-corrected chi connectivity index (χ1v) is 5.77. The lowest BCUT2D eigenvalue weighted by Gasteiger charge is -2.19. The standard InChI is InChI=1S/C13H14ClNO2/c1-13(2,12(16)17)7-8-3-4-10-9(11(8)14)5-6-15-10/h3-6,15H,7H2,1-2H3,(H,16,17). The van der Waals surface area contributed by atoms with E-state index in [0.717, 1.165) is 16.5 Å².